The number of piperidine rings is 1. The molecular formula is C21H26N2O2. The zero-order valence-corrected chi connectivity index (χ0v) is 14.9. The van der Waals surface area contributed by atoms with Crippen molar-refractivity contribution in [1.82, 2.24) is 4.90 Å². The number of nitrogens with two attached hydrogens (primary N) is 1. The molecule has 0 unspecified atom stereocenters. The molecule has 0 aliphatic carbocycles. The van der Waals surface area contributed by atoms with Crippen LogP contribution in [0.5, 0.6) is 11.5 Å². The van der Waals surface area contributed by atoms with Crippen molar-refractivity contribution < 1.29 is 9.84 Å². The lowest BCUT2D eigenvalue weighted by molar-refractivity contribution is 0.109. The molecule has 0 radical (unpaired) electrons. The standard InChI is InChI=1S/C21H26N2O2/c1-13-4-3-5-14(8-13)17-12-23-7-6-15-9-20(24)21(25-2)10-16(15)19(23)11-18(17)22/h3-5,8-10,17-19,24H,6-7,11-12,22H2,1-2H3/t17-,18-,19+/m0/s1. The van der Waals surface area contributed by atoms with Gasteiger partial charge in [0.05, 0.1) is 7.11 Å². The molecule has 1 fully saturated rings. The topological polar surface area (TPSA) is 58.7 Å². The number of ether oxygens (including phenoxy) is 1. The molecule has 2 aromatic carbocycles. The van der Waals surface area contributed by atoms with Crippen LogP contribution in [-0.4, -0.2) is 36.2 Å². The van der Waals surface area contributed by atoms with E-state index in [0.29, 0.717) is 17.7 Å². The van der Waals surface area contributed by atoms with Crippen LogP contribution >= 0.6 is 0 Å². The van der Waals surface area contributed by atoms with E-state index in [2.05, 4.69) is 36.1 Å². The van der Waals surface area contributed by atoms with Gasteiger partial charge in [-0.1, -0.05) is 29.8 Å². The average Bonchev–Trinajstić information content (AvgIpc) is 2.60. The molecule has 3 atom stereocenters. The van der Waals surface area contributed by atoms with Crippen LogP contribution in [-0.2, 0) is 6.42 Å². The molecule has 3 N–H and O–H groups in total. The van der Waals surface area contributed by atoms with Gasteiger partial charge in [0.2, 0.25) is 0 Å². The van der Waals surface area contributed by atoms with Gasteiger partial charge in [0.1, 0.15) is 0 Å². The third kappa shape index (κ3) is 2.90. The first-order valence-corrected chi connectivity index (χ1v) is 9.03. The van der Waals surface area contributed by atoms with Crippen molar-refractivity contribution in [2.45, 2.75) is 37.8 Å². The molecule has 2 aliphatic rings. The summed E-state index contributed by atoms with van der Waals surface area (Å²) in [6, 6.07) is 13.0. The Balaban J connectivity index is 1.64. The molecule has 4 heteroatoms. The van der Waals surface area contributed by atoms with Crippen LogP contribution in [0.25, 0.3) is 0 Å². The number of fused-ring (bicyclic) bond motifs is 3. The smallest absolute Gasteiger partial charge is 0.160 e. The minimum Gasteiger partial charge on any atom is -0.504 e. The first-order chi connectivity index (χ1) is 12.1. The Kier molecular flexibility index (Phi) is 4.18. The summed E-state index contributed by atoms with van der Waals surface area (Å²) >= 11 is 0. The van der Waals surface area contributed by atoms with Gasteiger partial charge < -0.3 is 15.6 Å². The van der Waals surface area contributed by atoms with Gasteiger partial charge >= 0.3 is 0 Å². The largest absolute Gasteiger partial charge is 0.504 e. The second-order valence-electron chi connectivity index (χ2n) is 7.40. The Morgan fingerprint density at radius 1 is 1.24 bits per heavy atom. The Hall–Kier alpha value is -2.04. The summed E-state index contributed by atoms with van der Waals surface area (Å²) in [4.78, 5) is 2.55. The number of phenolic OH excluding ortho intramolecular Hbond substituents is 1. The maximum absolute atomic E-state index is 10.1. The number of benzene rings is 2. The van der Waals surface area contributed by atoms with Crippen molar-refractivity contribution in [2.24, 2.45) is 5.73 Å². The van der Waals surface area contributed by atoms with Gasteiger partial charge in [-0.2, -0.15) is 0 Å². The molecule has 0 saturated carbocycles. The predicted octanol–water partition coefficient (Wildman–Crippen LogP) is 3.12. The SMILES string of the molecule is COc1cc2c(cc1O)CCN1C[C@@H](c3cccc(C)c3)[C@@H](N)C[C@H]21. The number of aromatic hydroxyl groups is 1. The Morgan fingerprint density at radius 2 is 2.08 bits per heavy atom. The van der Waals surface area contributed by atoms with Crippen LogP contribution in [0.15, 0.2) is 36.4 Å². The number of nitrogens with zero attached hydrogens (tertiary/aromatic N) is 1. The highest BCUT2D eigenvalue weighted by atomic mass is 16.5. The summed E-state index contributed by atoms with van der Waals surface area (Å²) in [5.41, 5.74) is 11.7. The van der Waals surface area contributed by atoms with Crippen LogP contribution in [0.3, 0.4) is 0 Å². The van der Waals surface area contributed by atoms with E-state index in [-0.39, 0.29) is 11.8 Å². The fourth-order valence-corrected chi connectivity index (χ4v) is 4.49. The van der Waals surface area contributed by atoms with Gasteiger partial charge in [-0.25, -0.2) is 0 Å². The third-order valence-corrected chi connectivity index (χ3v) is 5.82. The van der Waals surface area contributed by atoms with Crippen molar-refractivity contribution in [3.8, 4) is 11.5 Å². The maximum Gasteiger partial charge on any atom is 0.160 e. The number of methoxy groups -OCH3 is 1. The van der Waals surface area contributed by atoms with E-state index in [9.17, 15) is 5.11 Å². The highest BCUT2D eigenvalue weighted by molar-refractivity contribution is 5.49. The first kappa shape index (κ1) is 16.4. The van der Waals surface area contributed by atoms with Gasteiger partial charge in [0.15, 0.2) is 11.5 Å². The summed E-state index contributed by atoms with van der Waals surface area (Å²) in [5, 5.41) is 10.1. The molecule has 25 heavy (non-hydrogen) atoms. The van der Waals surface area contributed by atoms with Crippen LogP contribution in [0.1, 0.15) is 40.6 Å². The van der Waals surface area contributed by atoms with Gasteiger partial charge in [-0.05, 0) is 48.6 Å². The number of hydrogen-bond acceptors (Lipinski definition) is 4. The highest BCUT2D eigenvalue weighted by Gasteiger charge is 2.38. The normalized spacial score (nSPS) is 26.0. The number of hydrogen-bond donors (Lipinski definition) is 2. The first-order valence-electron chi connectivity index (χ1n) is 9.03. The van der Waals surface area contributed by atoms with Crippen molar-refractivity contribution >= 4 is 0 Å². The van der Waals surface area contributed by atoms with Crippen LogP contribution in [0.4, 0.5) is 0 Å². The number of aryl methyl sites for hydroxylation is 1. The summed E-state index contributed by atoms with van der Waals surface area (Å²) in [5.74, 6) is 1.15. The van der Waals surface area contributed by atoms with Gasteiger partial charge in [0, 0.05) is 31.1 Å². The number of rotatable bonds is 2. The Bertz CT molecular complexity index is 789. The lowest BCUT2D eigenvalue weighted by Gasteiger charge is -2.46. The third-order valence-electron chi connectivity index (χ3n) is 5.82. The quantitative estimate of drug-likeness (QED) is 0.883. The monoisotopic (exact) mass is 338 g/mol. The Labute approximate surface area is 149 Å². The summed E-state index contributed by atoms with van der Waals surface area (Å²) in [7, 11) is 1.60. The van der Waals surface area contributed by atoms with E-state index < -0.39 is 0 Å². The highest BCUT2D eigenvalue weighted by Crippen LogP contribution is 2.43. The molecule has 0 bridgehead atoms. The maximum atomic E-state index is 10.1. The van der Waals surface area contributed by atoms with E-state index in [4.69, 9.17) is 10.5 Å². The molecule has 2 heterocycles. The zero-order valence-electron chi connectivity index (χ0n) is 14.9. The van der Waals surface area contributed by atoms with Gasteiger partial charge in [-0.15, -0.1) is 0 Å². The van der Waals surface area contributed by atoms with Crippen molar-refractivity contribution in [2.75, 3.05) is 20.2 Å². The molecule has 2 aromatic rings. The molecule has 4 nitrogen and oxygen atoms in total. The number of phenols is 1. The average molecular weight is 338 g/mol. The van der Waals surface area contributed by atoms with Gasteiger partial charge in [-0.3, -0.25) is 4.90 Å². The van der Waals surface area contributed by atoms with Crippen molar-refractivity contribution in [3.63, 3.8) is 0 Å². The minimum atomic E-state index is 0.133. The second kappa shape index (κ2) is 6.36. The zero-order chi connectivity index (χ0) is 17.6. The van der Waals surface area contributed by atoms with E-state index in [1.807, 2.05) is 12.1 Å². The molecule has 0 spiro atoms. The fourth-order valence-electron chi connectivity index (χ4n) is 4.49. The minimum absolute atomic E-state index is 0.133. The van der Waals surface area contributed by atoms with E-state index in [0.717, 1.165) is 25.9 Å². The van der Waals surface area contributed by atoms with Crippen molar-refractivity contribution in [1.29, 1.82) is 0 Å². The second-order valence-corrected chi connectivity index (χ2v) is 7.40. The van der Waals surface area contributed by atoms with Crippen LogP contribution in [0.2, 0.25) is 0 Å². The summed E-state index contributed by atoms with van der Waals surface area (Å²) in [6.07, 6.45) is 1.89. The fraction of sp³-hybridized carbons (Fsp3) is 0.429. The van der Waals surface area contributed by atoms with Crippen LogP contribution in [0, 0.1) is 6.92 Å². The molecule has 0 aromatic heterocycles. The van der Waals surface area contributed by atoms with E-state index in [1.54, 1.807) is 7.11 Å². The van der Waals surface area contributed by atoms with Crippen molar-refractivity contribution in [3.05, 3.63) is 58.7 Å². The van der Waals surface area contributed by atoms with E-state index >= 15 is 0 Å². The Morgan fingerprint density at radius 3 is 2.84 bits per heavy atom. The van der Waals surface area contributed by atoms with Crippen LogP contribution < -0.4 is 10.5 Å². The molecule has 2 aliphatic heterocycles. The van der Waals surface area contributed by atoms with E-state index in [1.165, 1.54) is 22.3 Å². The summed E-state index contributed by atoms with van der Waals surface area (Å²) in [6.45, 7) is 4.13. The lowest BCUT2D eigenvalue weighted by Crippen LogP contribution is -2.49. The molecular weight excluding hydrogens is 312 g/mol. The molecule has 132 valence electrons. The van der Waals surface area contributed by atoms with Gasteiger partial charge in [0.25, 0.3) is 0 Å². The lowest BCUT2D eigenvalue weighted by atomic mass is 9.78. The molecule has 4 rings (SSSR count). The summed E-state index contributed by atoms with van der Waals surface area (Å²) < 4.78 is 5.32. The predicted molar refractivity (Wildman–Crippen MR) is 99.2 cm³/mol. The molecule has 1 saturated heterocycles. The molecule has 0 amide bonds.